The second kappa shape index (κ2) is 9.64. The Hall–Kier alpha value is -5.22. The lowest BCUT2D eigenvalue weighted by Gasteiger charge is -2.10. The van der Waals surface area contributed by atoms with Gasteiger partial charge in [-0.2, -0.15) is 0 Å². The molecule has 0 spiro atoms. The van der Waals surface area contributed by atoms with E-state index in [9.17, 15) is 0 Å². The van der Waals surface area contributed by atoms with Gasteiger partial charge >= 0.3 is 0 Å². The van der Waals surface area contributed by atoms with E-state index in [0.29, 0.717) is 0 Å². The molecule has 210 valence electrons. The number of hydrogen-bond donors (Lipinski definition) is 0. The van der Waals surface area contributed by atoms with Gasteiger partial charge < -0.3 is 4.57 Å². The quantitative estimate of drug-likeness (QED) is 0.188. The van der Waals surface area contributed by atoms with Crippen molar-refractivity contribution >= 4 is 84.8 Å². The summed E-state index contributed by atoms with van der Waals surface area (Å²) in [6.07, 6.45) is 0. The highest BCUT2D eigenvalue weighted by atomic mass is 32.1. The van der Waals surface area contributed by atoms with E-state index in [4.69, 9.17) is 0 Å². The number of thiophene rings is 2. The maximum Gasteiger partial charge on any atom is 0.0555 e. The van der Waals surface area contributed by atoms with Crippen LogP contribution in [0.3, 0.4) is 0 Å². The predicted octanol–water partition coefficient (Wildman–Crippen LogP) is 12.9. The van der Waals surface area contributed by atoms with Gasteiger partial charge in [0, 0.05) is 56.8 Å². The van der Waals surface area contributed by atoms with E-state index < -0.39 is 0 Å². The SMILES string of the molecule is c1ccc2c(c1)sc1ccc(-c3ccc(-c4ccc(-n5c6ccccc6c6c7sc8ccccc8c7ccc65)cc4)cc3)cc12. The number of nitrogens with zero attached hydrogens (tertiary/aromatic N) is 1. The molecule has 0 saturated heterocycles. The standard InChI is InChI=1S/C42H25NS2/c1-4-10-36-34(9-1)41-37(23-22-33-31-7-2-6-12-39(31)45-42(33)41)43(36)30-20-17-27(18-21-30)26-13-15-28(16-14-26)29-19-24-40-35(25-29)32-8-3-5-11-38(32)44-40/h1-25H. The van der Waals surface area contributed by atoms with E-state index >= 15 is 0 Å². The summed E-state index contributed by atoms with van der Waals surface area (Å²) >= 11 is 3.77. The second-order valence-corrected chi connectivity index (χ2v) is 13.9. The minimum absolute atomic E-state index is 1.18. The van der Waals surface area contributed by atoms with Crippen molar-refractivity contribution in [3.8, 4) is 27.9 Å². The Labute approximate surface area is 267 Å². The maximum absolute atomic E-state index is 2.42. The van der Waals surface area contributed by atoms with Crippen LogP contribution in [0.1, 0.15) is 0 Å². The van der Waals surface area contributed by atoms with Gasteiger partial charge in [-0.15, -0.1) is 22.7 Å². The summed E-state index contributed by atoms with van der Waals surface area (Å²) in [7, 11) is 0. The number of para-hydroxylation sites is 1. The minimum Gasteiger partial charge on any atom is -0.309 e. The molecule has 10 rings (SSSR count). The number of rotatable bonds is 3. The van der Waals surface area contributed by atoms with Crippen molar-refractivity contribution in [2.75, 3.05) is 0 Å². The minimum atomic E-state index is 1.18. The first-order valence-electron chi connectivity index (χ1n) is 15.3. The van der Waals surface area contributed by atoms with Gasteiger partial charge in [0.2, 0.25) is 0 Å². The average Bonchev–Trinajstić information content (AvgIpc) is 3.77. The van der Waals surface area contributed by atoms with E-state index in [1.807, 2.05) is 22.7 Å². The number of hydrogen-bond acceptors (Lipinski definition) is 2. The Balaban J connectivity index is 1.04. The van der Waals surface area contributed by atoms with Gasteiger partial charge in [-0.1, -0.05) is 103 Å². The fourth-order valence-electron chi connectivity index (χ4n) is 7.08. The maximum atomic E-state index is 2.42. The average molecular weight is 608 g/mol. The van der Waals surface area contributed by atoms with E-state index in [1.165, 1.54) is 90.1 Å². The van der Waals surface area contributed by atoms with Crippen molar-refractivity contribution in [1.82, 2.24) is 4.57 Å². The number of fused-ring (bicyclic) bond motifs is 10. The van der Waals surface area contributed by atoms with Crippen molar-refractivity contribution < 1.29 is 0 Å². The highest BCUT2D eigenvalue weighted by molar-refractivity contribution is 7.27. The second-order valence-electron chi connectivity index (χ2n) is 11.7. The Kier molecular flexibility index (Phi) is 5.39. The first-order chi connectivity index (χ1) is 22.3. The van der Waals surface area contributed by atoms with Gasteiger partial charge in [0.15, 0.2) is 0 Å². The zero-order chi connectivity index (χ0) is 29.5. The molecule has 0 unspecified atom stereocenters. The van der Waals surface area contributed by atoms with Crippen LogP contribution in [-0.2, 0) is 0 Å². The van der Waals surface area contributed by atoms with Crippen LogP contribution in [0.15, 0.2) is 152 Å². The lowest BCUT2D eigenvalue weighted by atomic mass is 9.99. The van der Waals surface area contributed by atoms with Gasteiger partial charge in [0.25, 0.3) is 0 Å². The van der Waals surface area contributed by atoms with E-state index in [0.717, 1.165) is 0 Å². The van der Waals surface area contributed by atoms with Crippen molar-refractivity contribution in [1.29, 1.82) is 0 Å². The van der Waals surface area contributed by atoms with Crippen LogP contribution in [0.4, 0.5) is 0 Å². The summed E-state index contributed by atoms with van der Waals surface area (Å²) in [6.45, 7) is 0. The summed E-state index contributed by atoms with van der Waals surface area (Å²) in [6, 6.07) is 55.8. The van der Waals surface area contributed by atoms with E-state index in [-0.39, 0.29) is 0 Å². The van der Waals surface area contributed by atoms with Crippen molar-refractivity contribution in [3.63, 3.8) is 0 Å². The van der Waals surface area contributed by atoms with Gasteiger partial charge in [-0.05, 0) is 70.8 Å². The molecule has 0 aliphatic carbocycles. The van der Waals surface area contributed by atoms with Crippen LogP contribution >= 0.6 is 22.7 Å². The van der Waals surface area contributed by atoms with Crippen LogP contribution in [-0.4, -0.2) is 4.57 Å². The third kappa shape index (κ3) is 3.78. The summed E-state index contributed by atoms with van der Waals surface area (Å²) in [5.74, 6) is 0. The molecule has 0 N–H and O–H groups in total. The summed E-state index contributed by atoms with van der Waals surface area (Å²) in [4.78, 5) is 0. The Bertz CT molecular complexity index is 2740. The molecule has 45 heavy (non-hydrogen) atoms. The van der Waals surface area contributed by atoms with Crippen LogP contribution in [0.25, 0.3) is 90.1 Å². The highest BCUT2D eigenvalue weighted by Crippen LogP contribution is 2.43. The van der Waals surface area contributed by atoms with Gasteiger partial charge in [0.05, 0.1) is 11.0 Å². The summed E-state index contributed by atoms with van der Waals surface area (Å²) in [5, 5.41) is 8.01. The molecular formula is C42H25NS2. The van der Waals surface area contributed by atoms with E-state index in [2.05, 4.69) is 156 Å². The largest absolute Gasteiger partial charge is 0.309 e. The summed E-state index contributed by atoms with van der Waals surface area (Å²) in [5.41, 5.74) is 8.61. The number of benzene rings is 7. The van der Waals surface area contributed by atoms with E-state index in [1.54, 1.807) is 0 Å². The molecule has 0 fully saturated rings. The first-order valence-corrected chi connectivity index (χ1v) is 16.9. The lowest BCUT2D eigenvalue weighted by Crippen LogP contribution is -1.93. The molecule has 3 aromatic heterocycles. The van der Waals surface area contributed by atoms with Crippen LogP contribution in [0.2, 0.25) is 0 Å². The zero-order valence-electron chi connectivity index (χ0n) is 24.2. The summed E-state index contributed by atoms with van der Waals surface area (Å²) < 4.78 is 7.82. The monoisotopic (exact) mass is 607 g/mol. The third-order valence-corrected chi connectivity index (χ3v) is 11.6. The van der Waals surface area contributed by atoms with Crippen molar-refractivity contribution in [3.05, 3.63) is 152 Å². The normalized spacial score (nSPS) is 12.0. The topological polar surface area (TPSA) is 4.93 Å². The molecule has 10 aromatic rings. The molecule has 0 saturated carbocycles. The van der Waals surface area contributed by atoms with Crippen LogP contribution in [0.5, 0.6) is 0 Å². The molecule has 3 heteroatoms. The van der Waals surface area contributed by atoms with Crippen LogP contribution < -0.4 is 0 Å². The Morgan fingerprint density at radius 3 is 1.67 bits per heavy atom. The fraction of sp³-hybridized carbons (Fsp3) is 0. The smallest absolute Gasteiger partial charge is 0.0555 e. The molecule has 0 atom stereocenters. The van der Waals surface area contributed by atoms with Gasteiger partial charge in [-0.3, -0.25) is 0 Å². The molecule has 0 aliphatic rings. The van der Waals surface area contributed by atoms with Crippen molar-refractivity contribution in [2.24, 2.45) is 0 Å². The fourth-order valence-corrected chi connectivity index (χ4v) is 9.42. The molecule has 0 bridgehead atoms. The molecule has 0 amide bonds. The van der Waals surface area contributed by atoms with Crippen molar-refractivity contribution in [2.45, 2.75) is 0 Å². The van der Waals surface area contributed by atoms with Gasteiger partial charge in [0.1, 0.15) is 0 Å². The molecule has 0 aliphatic heterocycles. The predicted molar refractivity (Wildman–Crippen MR) is 197 cm³/mol. The third-order valence-electron chi connectivity index (χ3n) is 9.23. The molecule has 7 aromatic carbocycles. The number of aromatic nitrogens is 1. The molecule has 0 radical (unpaired) electrons. The Morgan fingerprint density at radius 1 is 0.356 bits per heavy atom. The zero-order valence-corrected chi connectivity index (χ0v) is 25.8. The molecule has 1 nitrogen and oxygen atoms in total. The molecular weight excluding hydrogens is 583 g/mol. The molecule has 3 heterocycles. The first kappa shape index (κ1) is 25.1. The van der Waals surface area contributed by atoms with Gasteiger partial charge in [-0.25, -0.2) is 0 Å². The van der Waals surface area contributed by atoms with Crippen LogP contribution in [0, 0.1) is 0 Å². The highest BCUT2D eigenvalue weighted by Gasteiger charge is 2.17. The lowest BCUT2D eigenvalue weighted by molar-refractivity contribution is 1.18. The Morgan fingerprint density at radius 2 is 0.911 bits per heavy atom.